The number of carbonyl (C=O) groups is 4. The molecule has 9 nitrogen and oxygen atoms in total. The molecule has 2 rings (SSSR count). The first-order valence-electron chi connectivity index (χ1n) is 12.8. The molecule has 3 atom stereocenters. The van der Waals surface area contributed by atoms with E-state index >= 15 is 0 Å². The second-order valence-electron chi connectivity index (χ2n) is 11.4. The van der Waals surface area contributed by atoms with Crippen molar-refractivity contribution in [1.82, 2.24) is 10.6 Å². The number of nitrogens with one attached hydrogen (secondary N) is 2. The number of Topliss-reactive ketones (excluding diaryl/α,β-unsaturated/α-hetero) is 1. The largest absolute Gasteiger partial charge is 0.507 e. The summed E-state index contributed by atoms with van der Waals surface area (Å²) >= 11 is 0. The Hall–Kier alpha value is -3.28. The Morgan fingerprint density at radius 3 is 2.43 bits per heavy atom. The maximum atomic E-state index is 12.7. The number of rotatable bonds is 7. The van der Waals surface area contributed by atoms with Crippen molar-refractivity contribution in [2.45, 2.75) is 97.3 Å². The average molecular weight is 517 g/mol. The second kappa shape index (κ2) is 12.8. The number of hydrogen-bond donors (Lipinski definition) is 3. The van der Waals surface area contributed by atoms with Crippen molar-refractivity contribution in [3.05, 3.63) is 23.5 Å². The molecule has 2 amide bonds. The van der Waals surface area contributed by atoms with Gasteiger partial charge in [0.05, 0.1) is 6.04 Å². The smallest absolute Gasteiger partial charge is 0.407 e. The Labute approximate surface area is 219 Å². The molecule has 2 fully saturated rings. The molecule has 0 aromatic carbocycles. The van der Waals surface area contributed by atoms with Crippen molar-refractivity contribution >= 4 is 23.8 Å². The summed E-state index contributed by atoms with van der Waals surface area (Å²) in [5, 5.41) is 15.7. The number of esters is 1. The van der Waals surface area contributed by atoms with Gasteiger partial charge in [0.15, 0.2) is 5.78 Å². The molecule has 1 saturated heterocycles. The van der Waals surface area contributed by atoms with E-state index in [9.17, 15) is 24.3 Å². The van der Waals surface area contributed by atoms with Crippen molar-refractivity contribution in [3.63, 3.8) is 0 Å². The molecule has 0 aromatic rings. The van der Waals surface area contributed by atoms with Crippen LogP contribution in [0, 0.1) is 23.7 Å². The minimum Gasteiger partial charge on any atom is -0.507 e. The van der Waals surface area contributed by atoms with E-state index in [4.69, 9.17) is 9.47 Å². The predicted octanol–water partition coefficient (Wildman–Crippen LogP) is 3.88. The minimum atomic E-state index is -0.749. The number of ketones is 1. The number of aliphatic hydroxyl groups excluding tert-OH is 1. The van der Waals surface area contributed by atoms with E-state index in [0.29, 0.717) is 25.8 Å². The molecule has 0 aromatic heterocycles. The first kappa shape index (κ1) is 29.9. The van der Waals surface area contributed by atoms with Crippen LogP contribution >= 0.6 is 0 Å². The third kappa shape index (κ3) is 10.3. The van der Waals surface area contributed by atoms with Gasteiger partial charge in [-0.15, -0.1) is 0 Å². The number of alkyl carbamates (subject to hydrolysis) is 1. The van der Waals surface area contributed by atoms with Crippen LogP contribution in [0.5, 0.6) is 0 Å². The lowest BCUT2D eigenvalue weighted by Gasteiger charge is -2.19. The highest BCUT2D eigenvalue weighted by atomic mass is 16.6. The lowest BCUT2D eigenvalue weighted by molar-refractivity contribution is -0.147. The SMILES string of the molecule is CC(C)(C)OC(=O)C#CCC1CCCC1C=CC(O)=C1C(=O)NC(CCCNC(=O)OC(C)(C)C)C1=O. The van der Waals surface area contributed by atoms with Gasteiger partial charge in [-0.25, -0.2) is 9.59 Å². The van der Waals surface area contributed by atoms with Crippen molar-refractivity contribution in [2.75, 3.05) is 6.54 Å². The zero-order valence-corrected chi connectivity index (χ0v) is 22.7. The third-order valence-corrected chi connectivity index (χ3v) is 5.86. The van der Waals surface area contributed by atoms with Crippen LogP contribution < -0.4 is 10.6 Å². The molecule has 0 radical (unpaired) electrons. The van der Waals surface area contributed by atoms with Gasteiger partial charge in [0.2, 0.25) is 0 Å². The van der Waals surface area contributed by atoms with Gasteiger partial charge in [0.1, 0.15) is 22.5 Å². The zero-order valence-electron chi connectivity index (χ0n) is 22.7. The Morgan fingerprint density at radius 2 is 1.78 bits per heavy atom. The highest BCUT2D eigenvalue weighted by Gasteiger charge is 2.37. The molecule has 2 aliphatic rings. The van der Waals surface area contributed by atoms with Crippen LogP contribution in [0.2, 0.25) is 0 Å². The Balaban J connectivity index is 1.90. The van der Waals surface area contributed by atoms with E-state index in [1.807, 2.05) is 6.08 Å². The molecule has 0 spiro atoms. The first-order valence-corrected chi connectivity index (χ1v) is 12.8. The van der Waals surface area contributed by atoms with Crippen molar-refractivity contribution in [3.8, 4) is 11.8 Å². The normalized spacial score (nSPS) is 23.4. The highest BCUT2D eigenvalue weighted by Crippen LogP contribution is 2.35. The maximum absolute atomic E-state index is 12.7. The van der Waals surface area contributed by atoms with E-state index in [2.05, 4.69) is 22.5 Å². The van der Waals surface area contributed by atoms with Crippen LogP contribution in [-0.2, 0) is 23.9 Å². The Bertz CT molecular complexity index is 1000. The lowest BCUT2D eigenvalue weighted by atomic mass is 9.92. The molecule has 204 valence electrons. The molecular weight excluding hydrogens is 476 g/mol. The van der Waals surface area contributed by atoms with Crippen LogP contribution in [-0.4, -0.2) is 52.6 Å². The fourth-order valence-electron chi connectivity index (χ4n) is 4.27. The standard InChI is InChI=1S/C28H40N2O7/c1-27(2,3)36-22(32)14-8-12-18-10-7-11-19(18)15-16-21(31)23-24(33)20(30-25(23)34)13-9-17-29-26(35)37-28(4,5)6/h15-16,18-20,31H,7,9-13,17H2,1-6H3,(H,29,35)(H,30,34). The third-order valence-electron chi connectivity index (χ3n) is 5.86. The molecule has 1 saturated carbocycles. The van der Waals surface area contributed by atoms with Crippen LogP contribution in [0.25, 0.3) is 0 Å². The first-order chi connectivity index (χ1) is 17.2. The summed E-state index contributed by atoms with van der Waals surface area (Å²) in [5.74, 6) is 3.77. The van der Waals surface area contributed by atoms with Gasteiger partial charge in [-0.3, -0.25) is 9.59 Å². The number of allylic oxidation sites excluding steroid dienone is 2. The lowest BCUT2D eigenvalue weighted by Crippen LogP contribution is -2.34. The number of hydrogen-bond acceptors (Lipinski definition) is 7. The molecule has 1 aliphatic heterocycles. The van der Waals surface area contributed by atoms with Crippen molar-refractivity contribution in [1.29, 1.82) is 0 Å². The summed E-state index contributed by atoms with van der Waals surface area (Å²) in [6.45, 7) is 10.9. The van der Waals surface area contributed by atoms with E-state index in [-0.39, 0.29) is 23.2 Å². The van der Waals surface area contributed by atoms with Crippen LogP contribution in [0.3, 0.4) is 0 Å². The number of ether oxygens (including phenoxy) is 2. The van der Waals surface area contributed by atoms with Gasteiger partial charge >= 0.3 is 12.1 Å². The van der Waals surface area contributed by atoms with Crippen LogP contribution in [0.4, 0.5) is 4.79 Å². The summed E-state index contributed by atoms with van der Waals surface area (Å²) in [4.78, 5) is 48.6. The topological polar surface area (TPSA) is 131 Å². The number of aliphatic hydroxyl groups is 1. The second-order valence-corrected chi connectivity index (χ2v) is 11.4. The Morgan fingerprint density at radius 1 is 1.11 bits per heavy atom. The average Bonchev–Trinajstić information content (AvgIpc) is 3.30. The fourth-order valence-corrected chi connectivity index (χ4v) is 4.27. The quantitative estimate of drug-likeness (QED) is 0.0890. The summed E-state index contributed by atoms with van der Waals surface area (Å²) in [6.07, 6.45) is 6.81. The Kier molecular flexibility index (Phi) is 10.4. The molecule has 3 unspecified atom stereocenters. The van der Waals surface area contributed by atoms with Crippen LogP contribution in [0.15, 0.2) is 23.5 Å². The van der Waals surface area contributed by atoms with Gasteiger partial charge in [-0.05, 0) is 85.1 Å². The summed E-state index contributed by atoms with van der Waals surface area (Å²) < 4.78 is 10.4. The maximum Gasteiger partial charge on any atom is 0.407 e. The van der Waals surface area contributed by atoms with E-state index in [1.54, 1.807) is 41.5 Å². The van der Waals surface area contributed by atoms with E-state index in [1.165, 1.54) is 6.08 Å². The van der Waals surface area contributed by atoms with Gasteiger partial charge in [0.25, 0.3) is 5.91 Å². The number of carbonyl (C=O) groups excluding carboxylic acids is 4. The molecule has 9 heteroatoms. The summed E-state index contributed by atoms with van der Waals surface area (Å²) in [6, 6.07) is -0.749. The highest BCUT2D eigenvalue weighted by molar-refractivity contribution is 6.27. The molecular formula is C28H40N2O7. The van der Waals surface area contributed by atoms with E-state index < -0.39 is 41.0 Å². The molecule has 3 N–H and O–H groups in total. The summed E-state index contributed by atoms with van der Waals surface area (Å²) in [7, 11) is 0. The molecule has 1 heterocycles. The van der Waals surface area contributed by atoms with Gasteiger partial charge in [-0.2, -0.15) is 0 Å². The minimum absolute atomic E-state index is 0.116. The van der Waals surface area contributed by atoms with Crippen molar-refractivity contribution in [2.24, 2.45) is 11.8 Å². The summed E-state index contributed by atoms with van der Waals surface area (Å²) in [5.41, 5.74) is -1.44. The van der Waals surface area contributed by atoms with E-state index in [0.717, 1.165) is 19.3 Å². The number of amides is 2. The van der Waals surface area contributed by atoms with Crippen LogP contribution in [0.1, 0.15) is 80.1 Å². The van der Waals surface area contributed by atoms with Crippen molar-refractivity contribution < 1.29 is 33.8 Å². The molecule has 37 heavy (non-hydrogen) atoms. The van der Waals surface area contributed by atoms with Gasteiger partial charge in [-0.1, -0.05) is 18.4 Å². The fraction of sp³-hybridized carbons (Fsp3) is 0.643. The zero-order chi connectivity index (χ0) is 27.8. The van der Waals surface area contributed by atoms with Gasteiger partial charge in [0, 0.05) is 18.9 Å². The molecule has 1 aliphatic carbocycles. The predicted molar refractivity (Wildman–Crippen MR) is 138 cm³/mol. The monoisotopic (exact) mass is 516 g/mol. The van der Waals surface area contributed by atoms with Gasteiger partial charge < -0.3 is 25.2 Å². The molecule has 0 bridgehead atoms.